The second-order valence-corrected chi connectivity index (χ2v) is 5.84. The highest BCUT2D eigenvalue weighted by molar-refractivity contribution is 6.16. The van der Waals surface area contributed by atoms with Crippen molar-refractivity contribution in [1.82, 2.24) is 5.32 Å². The minimum atomic E-state index is -0.257. The molecule has 1 heterocycles. The zero-order valence-corrected chi connectivity index (χ0v) is 13.6. The summed E-state index contributed by atoms with van der Waals surface area (Å²) in [6.07, 6.45) is 0. The Balaban J connectivity index is 1.75. The van der Waals surface area contributed by atoms with Gasteiger partial charge in [-0.1, -0.05) is 36.4 Å². The SMILES string of the molecule is COc1ccc(C(=O)Nc2cccc3c2C(=O)NC3)c2ccccc12. The third-order valence-electron chi connectivity index (χ3n) is 4.41. The Hall–Kier alpha value is -3.34. The molecular formula is C20H16N2O3. The van der Waals surface area contributed by atoms with E-state index in [2.05, 4.69) is 10.6 Å². The Morgan fingerprint density at radius 3 is 2.64 bits per heavy atom. The number of hydrogen-bond acceptors (Lipinski definition) is 3. The van der Waals surface area contributed by atoms with Crippen molar-refractivity contribution in [2.45, 2.75) is 6.54 Å². The van der Waals surface area contributed by atoms with Gasteiger partial charge < -0.3 is 15.4 Å². The first-order valence-electron chi connectivity index (χ1n) is 7.96. The van der Waals surface area contributed by atoms with Gasteiger partial charge in [-0.3, -0.25) is 9.59 Å². The molecule has 4 rings (SSSR count). The fraction of sp³-hybridized carbons (Fsp3) is 0.100. The second kappa shape index (κ2) is 5.94. The maximum absolute atomic E-state index is 12.9. The zero-order chi connectivity index (χ0) is 17.4. The van der Waals surface area contributed by atoms with Crippen LogP contribution in [0.2, 0.25) is 0 Å². The average Bonchev–Trinajstić information content (AvgIpc) is 3.03. The molecule has 0 radical (unpaired) electrons. The molecule has 3 aromatic carbocycles. The van der Waals surface area contributed by atoms with Crippen molar-refractivity contribution in [3.05, 3.63) is 71.3 Å². The summed E-state index contributed by atoms with van der Waals surface area (Å²) < 4.78 is 5.37. The summed E-state index contributed by atoms with van der Waals surface area (Å²) in [5.41, 5.74) is 2.49. The van der Waals surface area contributed by atoms with E-state index in [1.54, 1.807) is 25.3 Å². The average molecular weight is 332 g/mol. The lowest BCUT2D eigenvalue weighted by Gasteiger charge is -2.12. The molecule has 0 bridgehead atoms. The van der Waals surface area contributed by atoms with Crippen LogP contribution in [0.3, 0.4) is 0 Å². The molecule has 3 aromatic rings. The van der Waals surface area contributed by atoms with Crippen molar-refractivity contribution in [2.75, 3.05) is 12.4 Å². The standard InChI is InChI=1S/C20H16N2O3/c1-25-17-10-9-15(13-6-2-3-7-14(13)17)19(23)22-16-8-4-5-12-11-21-20(24)18(12)16/h2-10H,11H2,1H3,(H,21,24)(H,22,23). The summed E-state index contributed by atoms with van der Waals surface area (Å²) in [6.45, 7) is 0.489. The van der Waals surface area contributed by atoms with Crippen LogP contribution < -0.4 is 15.4 Å². The fourth-order valence-corrected chi connectivity index (χ4v) is 3.22. The highest BCUT2D eigenvalue weighted by atomic mass is 16.5. The van der Waals surface area contributed by atoms with Crippen LogP contribution in [0.4, 0.5) is 5.69 Å². The van der Waals surface area contributed by atoms with E-state index in [0.29, 0.717) is 29.1 Å². The zero-order valence-electron chi connectivity index (χ0n) is 13.6. The van der Waals surface area contributed by atoms with Gasteiger partial charge in [0.2, 0.25) is 0 Å². The van der Waals surface area contributed by atoms with Crippen molar-refractivity contribution in [3.63, 3.8) is 0 Å². The van der Waals surface area contributed by atoms with E-state index in [4.69, 9.17) is 4.74 Å². The number of nitrogens with one attached hydrogen (secondary N) is 2. The maximum Gasteiger partial charge on any atom is 0.256 e. The predicted octanol–water partition coefficient (Wildman–Crippen LogP) is 3.34. The number of ether oxygens (including phenoxy) is 1. The van der Waals surface area contributed by atoms with E-state index >= 15 is 0 Å². The normalized spacial score (nSPS) is 12.6. The molecule has 0 fully saturated rings. The number of methoxy groups -OCH3 is 1. The number of rotatable bonds is 3. The molecule has 2 amide bonds. The lowest BCUT2D eigenvalue weighted by atomic mass is 10.0. The van der Waals surface area contributed by atoms with Crippen molar-refractivity contribution >= 4 is 28.3 Å². The summed E-state index contributed by atoms with van der Waals surface area (Å²) >= 11 is 0. The van der Waals surface area contributed by atoms with Gasteiger partial charge in [0.05, 0.1) is 18.4 Å². The molecule has 0 aliphatic carbocycles. The van der Waals surface area contributed by atoms with E-state index in [9.17, 15) is 9.59 Å². The molecule has 5 nitrogen and oxygen atoms in total. The first kappa shape index (κ1) is 15.2. The van der Waals surface area contributed by atoms with Gasteiger partial charge in [0.15, 0.2) is 0 Å². The Labute approximate surface area is 144 Å². The van der Waals surface area contributed by atoms with Crippen LogP contribution in [0.15, 0.2) is 54.6 Å². The van der Waals surface area contributed by atoms with E-state index in [1.165, 1.54) is 0 Å². The van der Waals surface area contributed by atoms with Crippen molar-refractivity contribution in [1.29, 1.82) is 0 Å². The summed E-state index contributed by atoms with van der Waals surface area (Å²) in [5.74, 6) is 0.296. The van der Waals surface area contributed by atoms with Crippen molar-refractivity contribution < 1.29 is 14.3 Å². The monoisotopic (exact) mass is 332 g/mol. The van der Waals surface area contributed by atoms with E-state index in [0.717, 1.165) is 16.3 Å². The molecule has 25 heavy (non-hydrogen) atoms. The van der Waals surface area contributed by atoms with Crippen LogP contribution >= 0.6 is 0 Å². The summed E-state index contributed by atoms with van der Waals surface area (Å²) in [7, 11) is 1.60. The number of fused-ring (bicyclic) bond motifs is 2. The van der Waals surface area contributed by atoms with Crippen LogP contribution in [0.25, 0.3) is 10.8 Å². The van der Waals surface area contributed by atoms with Crippen LogP contribution in [0, 0.1) is 0 Å². The fourth-order valence-electron chi connectivity index (χ4n) is 3.22. The topological polar surface area (TPSA) is 67.4 Å². The number of carbonyl (C=O) groups is 2. The molecule has 0 spiro atoms. The smallest absolute Gasteiger partial charge is 0.256 e. The molecule has 124 valence electrons. The molecule has 0 saturated carbocycles. The third-order valence-corrected chi connectivity index (χ3v) is 4.41. The van der Waals surface area contributed by atoms with Crippen LogP contribution in [0.5, 0.6) is 5.75 Å². The molecular weight excluding hydrogens is 316 g/mol. The molecule has 0 aromatic heterocycles. The lowest BCUT2D eigenvalue weighted by molar-refractivity contribution is 0.0966. The van der Waals surface area contributed by atoms with E-state index in [1.807, 2.05) is 36.4 Å². The molecule has 0 atom stereocenters. The molecule has 2 N–H and O–H groups in total. The van der Waals surface area contributed by atoms with Gasteiger partial charge in [-0.15, -0.1) is 0 Å². The number of carbonyl (C=O) groups excluding carboxylic acids is 2. The summed E-state index contributed by atoms with van der Waals surface area (Å²) in [5, 5.41) is 7.33. The summed E-state index contributed by atoms with van der Waals surface area (Å²) in [4.78, 5) is 24.9. The lowest BCUT2D eigenvalue weighted by Crippen LogP contribution is -2.17. The first-order valence-corrected chi connectivity index (χ1v) is 7.96. The van der Waals surface area contributed by atoms with Crippen molar-refractivity contribution in [2.24, 2.45) is 0 Å². The third kappa shape index (κ3) is 2.50. The van der Waals surface area contributed by atoms with Gasteiger partial charge in [-0.25, -0.2) is 0 Å². The molecule has 0 unspecified atom stereocenters. The molecule has 1 aliphatic rings. The molecule has 0 saturated heterocycles. The van der Waals surface area contributed by atoms with E-state index in [-0.39, 0.29) is 11.8 Å². The Morgan fingerprint density at radius 2 is 1.84 bits per heavy atom. The number of amides is 2. The van der Waals surface area contributed by atoms with Gasteiger partial charge in [-0.2, -0.15) is 0 Å². The highest BCUT2D eigenvalue weighted by Gasteiger charge is 2.23. The van der Waals surface area contributed by atoms with Crippen LogP contribution in [0.1, 0.15) is 26.3 Å². The number of hydrogen-bond donors (Lipinski definition) is 2. The highest BCUT2D eigenvalue weighted by Crippen LogP contribution is 2.30. The van der Waals surface area contributed by atoms with E-state index < -0.39 is 0 Å². The maximum atomic E-state index is 12.9. The number of benzene rings is 3. The van der Waals surface area contributed by atoms with Crippen molar-refractivity contribution in [3.8, 4) is 5.75 Å². The Morgan fingerprint density at radius 1 is 1.04 bits per heavy atom. The Kier molecular flexibility index (Phi) is 3.61. The molecule has 5 heteroatoms. The Bertz CT molecular complexity index is 1010. The first-order chi connectivity index (χ1) is 12.2. The van der Waals surface area contributed by atoms with Gasteiger partial charge >= 0.3 is 0 Å². The summed E-state index contributed by atoms with van der Waals surface area (Å²) in [6, 6.07) is 16.6. The molecule has 1 aliphatic heterocycles. The van der Waals surface area contributed by atoms with Gasteiger partial charge in [0.1, 0.15) is 5.75 Å². The van der Waals surface area contributed by atoms with Gasteiger partial charge in [-0.05, 0) is 29.1 Å². The van der Waals surface area contributed by atoms with Gasteiger partial charge in [0, 0.05) is 17.5 Å². The van der Waals surface area contributed by atoms with Crippen LogP contribution in [-0.2, 0) is 6.54 Å². The van der Waals surface area contributed by atoms with Crippen LogP contribution in [-0.4, -0.2) is 18.9 Å². The number of anilines is 1. The quantitative estimate of drug-likeness (QED) is 0.773. The largest absolute Gasteiger partial charge is 0.496 e. The second-order valence-electron chi connectivity index (χ2n) is 5.84. The van der Waals surface area contributed by atoms with Gasteiger partial charge in [0.25, 0.3) is 11.8 Å². The predicted molar refractivity (Wildman–Crippen MR) is 96.1 cm³/mol. The minimum absolute atomic E-state index is 0.162. The minimum Gasteiger partial charge on any atom is -0.496 e.